The van der Waals surface area contributed by atoms with E-state index in [1.165, 1.54) is 18.2 Å². The first kappa shape index (κ1) is 15.3. The van der Waals surface area contributed by atoms with Gasteiger partial charge in [-0.05, 0) is 12.1 Å². The molecule has 21 heavy (non-hydrogen) atoms. The van der Waals surface area contributed by atoms with Gasteiger partial charge in [0.1, 0.15) is 6.10 Å². The number of ether oxygens (including phenoxy) is 2. The smallest absolute Gasteiger partial charge is 0.456 e. The average Bonchev–Trinajstić information content (AvgIpc) is 2.60. The third-order valence-electron chi connectivity index (χ3n) is 2.69. The minimum Gasteiger partial charge on any atom is -0.456 e. The Balaban J connectivity index is 2.00. The Hall–Kier alpha value is -2.06. The zero-order valence-electron chi connectivity index (χ0n) is 10.4. The highest BCUT2D eigenvalue weighted by molar-refractivity contribution is 5.79. The quantitative estimate of drug-likeness (QED) is 0.686. The Bertz CT molecular complexity index is 532. The van der Waals surface area contributed by atoms with E-state index in [4.69, 9.17) is 0 Å². The molecule has 1 aromatic carbocycles. The third kappa shape index (κ3) is 3.96. The van der Waals surface area contributed by atoms with Crippen molar-refractivity contribution in [2.45, 2.75) is 24.8 Å². The van der Waals surface area contributed by atoms with Crippen LogP contribution in [0.5, 0.6) is 5.75 Å². The van der Waals surface area contributed by atoms with Crippen LogP contribution in [0, 0.1) is 0 Å². The summed E-state index contributed by atoms with van der Waals surface area (Å²) in [6.07, 6.45) is -6.81. The monoisotopic (exact) mass is 311 g/mol. The summed E-state index contributed by atoms with van der Waals surface area (Å²) >= 11 is 0. The molecule has 1 fully saturated rings. The van der Waals surface area contributed by atoms with Crippen LogP contribution < -0.4 is 10.1 Å². The maximum Gasteiger partial charge on any atom is 0.573 e. The van der Waals surface area contributed by atoms with Gasteiger partial charge in [-0.3, -0.25) is 0 Å². The molecule has 4 nitrogen and oxygen atoms in total. The molecule has 0 aromatic heterocycles. The Morgan fingerprint density at radius 2 is 2.00 bits per heavy atom. The van der Waals surface area contributed by atoms with Crippen molar-refractivity contribution in [1.82, 2.24) is 0 Å². The lowest BCUT2D eigenvalue weighted by Gasteiger charge is -2.16. The molecule has 0 aliphatic carbocycles. The fourth-order valence-electron chi connectivity index (χ4n) is 1.81. The summed E-state index contributed by atoms with van der Waals surface area (Å²) < 4.78 is 70.7. The molecule has 1 heterocycles. The first-order chi connectivity index (χ1) is 9.67. The lowest BCUT2D eigenvalue weighted by atomic mass is 10.2. The first-order valence-electron chi connectivity index (χ1n) is 5.85. The standard InChI is InChI=1S/C12H10F5NO3/c13-11(14)5-7(20-10(11)19)6-18-8-3-1-2-4-9(8)21-12(15,16)17/h1-4,7,18H,5-6H2. The van der Waals surface area contributed by atoms with Crippen LogP contribution in [0.1, 0.15) is 6.42 Å². The van der Waals surface area contributed by atoms with Crippen LogP contribution in [0.2, 0.25) is 0 Å². The molecule has 1 atom stereocenters. The van der Waals surface area contributed by atoms with Crippen LogP contribution in [0.4, 0.5) is 27.6 Å². The largest absolute Gasteiger partial charge is 0.573 e. The van der Waals surface area contributed by atoms with Gasteiger partial charge in [0, 0.05) is 0 Å². The Kier molecular flexibility index (Phi) is 3.93. The number of rotatable bonds is 4. The highest BCUT2D eigenvalue weighted by Gasteiger charge is 2.50. The number of para-hydroxylation sites is 2. The molecule has 0 spiro atoms. The number of benzene rings is 1. The van der Waals surface area contributed by atoms with Gasteiger partial charge in [-0.2, -0.15) is 8.78 Å². The molecule has 0 bridgehead atoms. The van der Waals surface area contributed by atoms with Gasteiger partial charge in [-0.1, -0.05) is 12.1 Å². The average molecular weight is 311 g/mol. The molecule has 1 saturated heterocycles. The second-order valence-electron chi connectivity index (χ2n) is 4.36. The number of nitrogens with one attached hydrogen (secondary N) is 1. The molecule has 1 aromatic rings. The van der Waals surface area contributed by atoms with E-state index >= 15 is 0 Å². The molecule has 116 valence electrons. The number of cyclic esters (lactones) is 1. The summed E-state index contributed by atoms with van der Waals surface area (Å²) in [5.41, 5.74) is -0.0407. The summed E-state index contributed by atoms with van der Waals surface area (Å²) in [6.45, 7) is -0.250. The van der Waals surface area contributed by atoms with Crippen LogP contribution in [0.15, 0.2) is 24.3 Å². The molecule has 2 rings (SSSR count). The highest BCUT2D eigenvalue weighted by Crippen LogP contribution is 2.33. The van der Waals surface area contributed by atoms with E-state index in [0.717, 1.165) is 6.07 Å². The number of anilines is 1. The molecular weight excluding hydrogens is 301 g/mol. The molecule has 1 aliphatic heterocycles. The zero-order valence-corrected chi connectivity index (χ0v) is 10.4. The maximum atomic E-state index is 12.9. The third-order valence-corrected chi connectivity index (χ3v) is 2.69. The van der Waals surface area contributed by atoms with E-state index in [0.29, 0.717) is 0 Å². The van der Waals surface area contributed by atoms with Gasteiger partial charge in [-0.25, -0.2) is 4.79 Å². The molecular formula is C12H10F5NO3. The number of halogens is 5. The second kappa shape index (κ2) is 5.38. The first-order valence-corrected chi connectivity index (χ1v) is 5.85. The van der Waals surface area contributed by atoms with Crippen molar-refractivity contribution in [3.63, 3.8) is 0 Å². The number of carbonyl (C=O) groups excluding carboxylic acids is 1. The minimum atomic E-state index is -4.87. The Morgan fingerprint density at radius 3 is 2.57 bits per heavy atom. The minimum absolute atomic E-state index is 0.0407. The number of esters is 1. The van der Waals surface area contributed by atoms with Gasteiger partial charge in [0.25, 0.3) is 0 Å². The van der Waals surface area contributed by atoms with Gasteiger partial charge < -0.3 is 14.8 Å². The highest BCUT2D eigenvalue weighted by atomic mass is 19.4. The number of alkyl halides is 5. The van der Waals surface area contributed by atoms with Gasteiger partial charge in [-0.15, -0.1) is 13.2 Å². The van der Waals surface area contributed by atoms with E-state index < -0.39 is 36.5 Å². The van der Waals surface area contributed by atoms with Gasteiger partial charge in [0.05, 0.1) is 18.7 Å². The van der Waals surface area contributed by atoms with E-state index in [-0.39, 0.29) is 12.2 Å². The topological polar surface area (TPSA) is 47.6 Å². The van der Waals surface area contributed by atoms with E-state index in [1.54, 1.807) is 0 Å². The van der Waals surface area contributed by atoms with Crippen LogP contribution in [0.3, 0.4) is 0 Å². The molecule has 0 saturated carbocycles. The summed E-state index contributed by atoms with van der Waals surface area (Å²) in [4.78, 5) is 10.8. The van der Waals surface area contributed by atoms with Gasteiger partial charge >= 0.3 is 18.3 Å². The summed E-state index contributed by atoms with van der Waals surface area (Å²) in [5.74, 6) is -5.69. The van der Waals surface area contributed by atoms with E-state index in [1.807, 2.05) is 0 Å². The van der Waals surface area contributed by atoms with Crippen molar-refractivity contribution < 1.29 is 36.2 Å². The van der Waals surface area contributed by atoms with Crippen molar-refractivity contribution in [1.29, 1.82) is 0 Å². The predicted octanol–water partition coefficient (Wildman–Crippen LogP) is 2.95. The lowest BCUT2D eigenvalue weighted by molar-refractivity contribution is -0.274. The Morgan fingerprint density at radius 1 is 1.33 bits per heavy atom. The maximum absolute atomic E-state index is 12.9. The van der Waals surface area contributed by atoms with E-state index in [9.17, 15) is 26.7 Å². The normalized spacial score (nSPS) is 21.0. The summed E-state index contributed by atoms with van der Waals surface area (Å²) in [5, 5.41) is 2.50. The van der Waals surface area contributed by atoms with Gasteiger partial charge in [0.2, 0.25) is 0 Å². The van der Waals surface area contributed by atoms with Crippen molar-refractivity contribution >= 4 is 11.7 Å². The van der Waals surface area contributed by atoms with Crippen LogP contribution in [-0.2, 0) is 9.53 Å². The van der Waals surface area contributed by atoms with Crippen LogP contribution >= 0.6 is 0 Å². The van der Waals surface area contributed by atoms with Crippen molar-refractivity contribution in [3.8, 4) is 5.75 Å². The number of hydrogen-bond acceptors (Lipinski definition) is 4. The van der Waals surface area contributed by atoms with Gasteiger partial charge in [0.15, 0.2) is 5.75 Å². The molecule has 0 radical (unpaired) electrons. The van der Waals surface area contributed by atoms with E-state index in [2.05, 4.69) is 14.8 Å². The lowest BCUT2D eigenvalue weighted by Crippen LogP contribution is -2.22. The molecule has 1 unspecified atom stereocenters. The predicted molar refractivity (Wildman–Crippen MR) is 61.1 cm³/mol. The van der Waals surface area contributed by atoms with Crippen molar-refractivity contribution in [2.24, 2.45) is 0 Å². The Labute approximate surface area is 115 Å². The fraction of sp³-hybridized carbons (Fsp3) is 0.417. The second-order valence-corrected chi connectivity index (χ2v) is 4.36. The van der Waals surface area contributed by atoms with Crippen molar-refractivity contribution in [2.75, 3.05) is 11.9 Å². The zero-order chi connectivity index (χ0) is 15.7. The van der Waals surface area contributed by atoms with Crippen molar-refractivity contribution in [3.05, 3.63) is 24.3 Å². The number of carbonyl (C=O) groups is 1. The van der Waals surface area contributed by atoms with Crippen LogP contribution in [0.25, 0.3) is 0 Å². The number of hydrogen-bond donors (Lipinski definition) is 1. The summed E-state index contributed by atoms with van der Waals surface area (Å²) in [7, 11) is 0. The molecule has 9 heteroatoms. The SMILES string of the molecule is O=C1OC(CNc2ccccc2OC(F)(F)F)CC1(F)F. The molecule has 1 N–H and O–H groups in total. The molecule has 0 amide bonds. The fourth-order valence-corrected chi connectivity index (χ4v) is 1.81. The summed E-state index contributed by atoms with van der Waals surface area (Å²) in [6, 6.07) is 5.14. The molecule has 1 aliphatic rings. The van der Waals surface area contributed by atoms with Crippen LogP contribution in [-0.4, -0.2) is 30.9 Å².